The first-order valence-corrected chi connectivity index (χ1v) is 5.41. The molecular formula is C10H5Cl3N2O. The van der Waals surface area contributed by atoms with Crippen LogP contribution in [0.4, 0.5) is 0 Å². The maximum atomic E-state index is 11.1. The number of rotatable bonds is 1. The summed E-state index contributed by atoms with van der Waals surface area (Å²) in [6.45, 7) is 0. The van der Waals surface area contributed by atoms with Gasteiger partial charge in [-0.1, -0.05) is 40.9 Å². The highest BCUT2D eigenvalue weighted by Gasteiger charge is 2.10. The van der Waals surface area contributed by atoms with Gasteiger partial charge < -0.3 is 0 Å². The number of halogens is 3. The smallest absolute Gasteiger partial charge is 0.264 e. The molecule has 0 aliphatic rings. The van der Waals surface area contributed by atoms with Crippen molar-refractivity contribution in [3.63, 3.8) is 0 Å². The van der Waals surface area contributed by atoms with E-state index in [9.17, 15) is 4.79 Å². The van der Waals surface area contributed by atoms with Gasteiger partial charge >= 0.3 is 0 Å². The Balaban J connectivity index is 2.66. The second-order valence-electron chi connectivity index (χ2n) is 3.06. The van der Waals surface area contributed by atoms with E-state index in [4.69, 9.17) is 34.8 Å². The zero-order valence-electron chi connectivity index (χ0n) is 7.80. The number of nitrogens with zero attached hydrogens (tertiary/aromatic N) is 1. The molecule has 1 aromatic carbocycles. The summed E-state index contributed by atoms with van der Waals surface area (Å²) in [5.74, 6) is 0. The van der Waals surface area contributed by atoms with Crippen molar-refractivity contribution < 1.29 is 0 Å². The van der Waals surface area contributed by atoms with Crippen LogP contribution >= 0.6 is 34.8 Å². The highest BCUT2D eigenvalue weighted by Crippen LogP contribution is 2.37. The average molecular weight is 276 g/mol. The summed E-state index contributed by atoms with van der Waals surface area (Å²) >= 11 is 17.7. The van der Waals surface area contributed by atoms with Crippen LogP contribution in [0.2, 0.25) is 15.1 Å². The van der Waals surface area contributed by atoms with Crippen LogP contribution < -0.4 is 5.56 Å². The molecule has 16 heavy (non-hydrogen) atoms. The molecule has 2 aromatic rings. The Labute approximate surface area is 106 Å². The molecule has 0 aliphatic carbocycles. The van der Waals surface area contributed by atoms with E-state index in [2.05, 4.69) is 10.2 Å². The molecule has 1 aromatic heterocycles. The van der Waals surface area contributed by atoms with Gasteiger partial charge in [0.2, 0.25) is 0 Å². The van der Waals surface area contributed by atoms with Gasteiger partial charge in [0.1, 0.15) is 0 Å². The van der Waals surface area contributed by atoms with Crippen molar-refractivity contribution in [3.05, 3.63) is 49.8 Å². The summed E-state index contributed by atoms with van der Waals surface area (Å²) in [4.78, 5) is 11.1. The summed E-state index contributed by atoms with van der Waals surface area (Å²) in [5, 5.41) is 6.90. The summed E-state index contributed by atoms with van der Waals surface area (Å²) in [6.07, 6.45) is 1.49. The number of H-pyrrole nitrogens is 1. The van der Waals surface area contributed by atoms with Gasteiger partial charge in [0, 0.05) is 17.2 Å². The topological polar surface area (TPSA) is 45.8 Å². The largest absolute Gasteiger partial charge is 0.268 e. The molecule has 0 spiro atoms. The average Bonchev–Trinajstić information content (AvgIpc) is 2.26. The molecule has 82 valence electrons. The van der Waals surface area contributed by atoms with Gasteiger partial charge in [0.25, 0.3) is 5.56 Å². The van der Waals surface area contributed by atoms with E-state index >= 15 is 0 Å². The predicted octanol–water partition coefficient (Wildman–Crippen LogP) is 3.40. The highest BCUT2D eigenvalue weighted by molar-refractivity contribution is 6.49. The molecule has 0 unspecified atom stereocenters. The van der Waals surface area contributed by atoms with E-state index in [1.165, 1.54) is 12.3 Å². The zero-order chi connectivity index (χ0) is 11.7. The molecule has 0 saturated carbocycles. The van der Waals surface area contributed by atoms with Gasteiger partial charge in [-0.2, -0.15) is 5.10 Å². The second kappa shape index (κ2) is 4.45. The van der Waals surface area contributed by atoms with Crippen LogP contribution in [0.3, 0.4) is 0 Å². The van der Waals surface area contributed by atoms with Crippen molar-refractivity contribution in [1.82, 2.24) is 10.2 Å². The Kier molecular flexibility index (Phi) is 3.19. The molecule has 2 rings (SSSR count). The van der Waals surface area contributed by atoms with E-state index in [1.54, 1.807) is 12.1 Å². The third-order valence-electron chi connectivity index (χ3n) is 2.01. The lowest BCUT2D eigenvalue weighted by Gasteiger charge is -2.06. The quantitative estimate of drug-likeness (QED) is 0.811. The maximum Gasteiger partial charge on any atom is 0.264 e. The van der Waals surface area contributed by atoms with E-state index < -0.39 is 0 Å². The van der Waals surface area contributed by atoms with Crippen molar-refractivity contribution >= 4 is 34.8 Å². The number of benzene rings is 1. The highest BCUT2D eigenvalue weighted by atomic mass is 35.5. The molecule has 6 heteroatoms. The first-order chi connectivity index (χ1) is 7.59. The molecular weight excluding hydrogens is 270 g/mol. The number of aromatic amines is 1. The molecule has 0 bridgehead atoms. The molecule has 1 heterocycles. The molecule has 3 nitrogen and oxygen atoms in total. The van der Waals surface area contributed by atoms with Crippen LogP contribution in [-0.2, 0) is 0 Å². The van der Waals surface area contributed by atoms with Crippen molar-refractivity contribution in [2.24, 2.45) is 0 Å². The number of hydrogen-bond acceptors (Lipinski definition) is 2. The van der Waals surface area contributed by atoms with Crippen LogP contribution in [-0.4, -0.2) is 10.2 Å². The lowest BCUT2D eigenvalue weighted by molar-refractivity contribution is 0.991. The zero-order valence-corrected chi connectivity index (χ0v) is 10.1. The molecule has 0 aliphatic heterocycles. The fourth-order valence-electron chi connectivity index (χ4n) is 1.27. The maximum absolute atomic E-state index is 11.1. The normalized spacial score (nSPS) is 10.4. The second-order valence-corrected chi connectivity index (χ2v) is 4.22. The number of aromatic nitrogens is 2. The Hall–Kier alpha value is -1.03. The van der Waals surface area contributed by atoms with Gasteiger partial charge in [0.05, 0.1) is 21.3 Å². The van der Waals surface area contributed by atoms with E-state index in [1.807, 2.05) is 0 Å². The van der Waals surface area contributed by atoms with Gasteiger partial charge in [0.15, 0.2) is 0 Å². The first kappa shape index (κ1) is 11.5. The van der Waals surface area contributed by atoms with Crippen molar-refractivity contribution in [2.45, 2.75) is 0 Å². The van der Waals surface area contributed by atoms with E-state index in [-0.39, 0.29) is 10.6 Å². The standard InChI is InChI=1S/C10H5Cl3N2O/c11-7-2-1-6(9(12)10(7)13)5-3-8(16)15-14-4-5/h1-4H,(H,15,16). The molecule has 0 atom stereocenters. The lowest BCUT2D eigenvalue weighted by Crippen LogP contribution is -2.05. The summed E-state index contributed by atoms with van der Waals surface area (Å²) in [7, 11) is 0. The minimum Gasteiger partial charge on any atom is -0.268 e. The number of nitrogens with one attached hydrogen (secondary N) is 1. The molecule has 0 amide bonds. The van der Waals surface area contributed by atoms with Crippen LogP contribution in [0.5, 0.6) is 0 Å². The molecule has 1 N–H and O–H groups in total. The Morgan fingerprint density at radius 1 is 1.12 bits per heavy atom. The summed E-state index contributed by atoms with van der Waals surface area (Å²) < 4.78 is 0. The fraction of sp³-hybridized carbons (Fsp3) is 0. The van der Waals surface area contributed by atoms with Gasteiger partial charge in [-0.25, -0.2) is 5.10 Å². The van der Waals surface area contributed by atoms with Gasteiger partial charge in [-0.15, -0.1) is 0 Å². The fourth-order valence-corrected chi connectivity index (χ4v) is 1.92. The molecule has 0 fully saturated rings. The van der Waals surface area contributed by atoms with Crippen LogP contribution in [0.1, 0.15) is 0 Å². The van der Waals surface area contributed by atoms with Crippen LogP contribution in [0.15, 0.2) is 29.2 Å². The summed E-state index contributed by atoms with van der Waals surface area (Å²) in [6, 6.07) is 4.69. The van der Waals surface area contributed by atoms with Crippen LogP contribution in [0, 0.1) is 0 Å². The Bertz CT molecular complexity index is 595. The molecule has 0 radical (unpaired) electrons. The Morgan fingerprint density at radius 3 is 2.56 bits per heavy atom. The van der Waals surface area contributed by atoms with Crippen molar-refractivity contribution in [2.75, 3.05) is 0 Å². The van der Waals surface area contributed by atoms with Gasteiger partial charge in [-0.05, 0) is 6.07 Å². The van der Waals surface area contributed by atoms with Crippen LogP contribution in [0.25, 0.3) is 11.1 Å². The first-order valence-electron chi connectivity index (χ1n) is 4.28. The van der Waals surface area contributed by atoms with Crippen molar-refractivity contribution in [3.8, 4) is 11.1 Å². The monoisotopic (exact) mass is 274 g/mol. The van der Waals surface area contributed by atoms with E-state index in [0.717, 1.165) is 0 Å². The van der Waals surface area contributed by atoms with E-state index in [0.29, 0.717) is 21.2 Å². The Morgan fingerprint density at radius 2 is 1.88 bits per heavy atom. The SMILES string of the molecule is O=c1cc(-c2ccc(Cl)c(Cl)c2Cl)cn[nH]1. The molecule has 0 saturated heterocycles. The van der Waals surface area contributed by atoms with Crippen molar-refractivity contribution in [1.29, 1.82) is 0 Å². The third kappa shape index (κ3) is 2.07. The van der Waals surface area contributed by atoms with Gasteiger partial charge in [-0.3, -0.25) is 4.79 Å². The predicted molar refractivity (Wildman–Crippen MR) is 65.3 cm³/mol. The number of hydrogen-bond donors (Lipinski definition) is 1. The minimum atomic E-state index is -0.306. The minimum absolute atomic E-state index is 0.265. The third-order valence-corrected chi connectivity index (χ3v) is 3.30. The summed E-state index contributed by atoms with van der Waals surface area (Å²) in [5.41, 5.74) is 0.904. The lowest BCUT2D eigenvalue weighted by atomic mass is 10.1.